The predicted octanol–water partition coefficient (Wildman–Crippen LogP) is 7.53. The van der Waals surface area contributed by atoms with Gasteiger partial charge in [-0.25, -0.2) is 4.39 Å². The number of ether oxygens (including phenoxy) is 1. The maximum Gasteiger partial charge on any atom is 0.308 e. The molecular weight excluding hydrogens is 543 g/mol. The second-order valence-electron chi connectivity index (χ2n) is 13.1. The van der Waals surface area contributed by atoms with Gasteiger partial charge in [0.1, 0.15) is 11.6 Å². The molecule has 0 bridgehead atoms. The van der Waals surface area contributed by atoms with Crippen LogP contribution >= 0.6 is 0 Å². The number of likely N-dealkylation sites (tertiary alicyclic amines) is 1. The Bertz CT molecular complexity index is 1320. The van der Waals surface area contributed by atoms with Crippen LogP contribution in [-0.4, -0.2) is 53.7 Å². The molecule has 6 nitrogen and oxygen atoms in total. The molecule has 3 atom stereocenters. The van der Waals surface area contributed by atoms with Crippen molar-refractivity contribution in [1.82, 2.24) is 4.90 Å². The lowest BCUT2D eigenvalue weighted by atomic mass is 9.77. The second kappa shape index (κ2) is 14.1. The molecule has 0 aromatic heterocycles. The fourth-order valence-electron chi connectivity index (χ4n) is 7.24. The average molecular weight is 593 g/mol. The topological polar surface area (TPSA) is 70.1 Å². The van der Waals surface area contributed by atoms with Gasteiger partial charge in [0.25, 0.3) is 0 Å². The number of carboxylic acids is 1. The minimum absolute atomic E-state index is 0.0179. The van der Waals surface area contributed by atoms with Crippen molar-refractivity contribution in [2.24, 2.45) is 11.3 Å². The largest absolute Gasteiger partial charge is 0.493 e. The Morgan fingerprint density at radius 3 is 2.51 bits per heavy atom. The molecule has 4 rings (SSSR count). The highest BCUT2D eigenvalue weighted by Crippen LogP contribution is 2.44. The Hall–Kier alpha value is -3.19. The lowest BCUT2D eigenvalue weighted by Crippen LogP contribution is -2.48. The summed E-state index contributed by atoms with van der Waals surface area (Å²) in [7, 11) is 0. The summed E-state index contributed by atoms with van der Waals surface area (Å²) in [5.41, 5.74) is 3.05. The van der Waals surface area contributed by atoms with Crippen LogP contribution in [0.4, 0.5) is 10.1 Å². The van der Waals surface area contributed by atoms with E-state index in [9.17, 15) is 19.1 Å². The average Bonchev–Trinajstić information content (AvgIpc) is 3.55. The molecule has 2 aromatic rings. The molecule has 43 heavy (non-hydrogen) atoms. The quantitative estimate of drug-likeness (QED) is 0.244. The van der Waals surface area contributed by atoms with Crippen LogP contribution in [0.25, 0.3) is 0 Å². The first kappa shape index (κ1) is 32.7. The number of carbonyl (C=O) groups excluding carboxylic acids is 1. The van der Waals surface area contributed by atoms with Crippen LogP contribution < -0.4 is 9.64 Å². The number of fused-ring (bicyclic) bond motifs is 1. The van der Waals surface area contributed by atoms with E-state index >= 15 is 0 Å². The van der Waals surface area contributed by atoms with Crippen molar-refractivity contribution >= 4 is 17.6 Å². The summed E-state index contributed by atoms with van der Waals surface area (Å²) < 4.78 is 20.0. The SMILES string of the molecule is C/C=C/C(C)(C)CC1C(C(=O)O)C(c2ccc3c(c2)CCO3)CN1CC(=O)N(c1ccc(F)c(C)c1)C(CCC)CCC. The van der Waals surface area contributed by atoms with Gasteiger partial charge in [0.2, 0.25) is 5.91 Å². The van der Waals surface area contributed by atoms with E-state index in [0.717, 1.165) is 49.0 Å². The summed E-state index contributed by atoms with van der Waals surface area (Å²) >= 11 is 0. The third kappa shape index (κ3) is 7.49. The minimum atomic E-state index is -0.834. The van der Waals surface area contributed by atoms with Crippen LogP contribution in [0.3, 0.4) is 0 Å². The van der Waals surface area contributed by atoms with E-state index in [1.807, 2.05) is 30.0 Å². The zero-order valence-electron chi connectivity index (χ0n) is 26.7. The molecule has 3 unspecified atom stereocenters. The zero-order chi connectivity index (χ0) is 31.3. The third-order valence-electron chi connectivity index (χ3n) is 9.16. The van der Waals surface area contributed by atoms with Crippen molar-refractivity contribution < 1.29 is 23.8 Å². The summed E-state index contributed by atoms with van der Waals surface area (Å²) in [5.74, 6) is -1.25. The van der Waals surface area contributed by atoms with E-state index in [1.54, 1.807) is 19.1 Å². The smallest absolute Gasteiger partial charge is 0.308 e. The molecule has 0 saturated carbocycles. The Morgan fingerprint density at radius 1 is 1.16 bits per heavy atom. The highest BCUT2D eigenvalue weighted by molar-refractivity contribution is 5.95. The fourth-order valence-corrected chi connectivity index (χ4v) is 7.24. The minimum Gasteiger partial charge on any atom is -0.493 e. The molecule has 0 radical (unpaired) electrons. The van der Waals surface area contributed by atoms with E-state index in [2.05, 4.69) is 44.7 Å². The van der Waals surface area contributed by atoms with Gasteiger partial charge in [-0.05, 0) is 79.5 Å². The summed E-state index contributed by atoms with van der Waals surface area (Å²) in [6, 6.07) is 10.6. The normalized spacial score (nSPS) is 20.5. The third-order valence-corrected chi connectivity index (χ3v) is 9.16. The van der Waals surface area contributed by atoms with Gasteiger partial charge in [-0.1, -0.05) is 64.8 Å². The van der Waals surface area contributed by atoms with Crippen molar-refractivity contribution in [2.45, 2.75) is 98.1 Å². The number of anilines is 1. The number of hydrogen-bond acceptors (Lipinski definition) is 4. The Balaban J connectivity index is 1.73. The molecule has 1 fully saturated rings. The molecule has 234 valence electrons. The van der Waals surface area contributed by atoms with Crippen molar-refractivity contribution in [2.75, 3.05) is 24.6 Å². The maximum absolute atomic E-state index is 14.4. The van der Waals surface area contributed by atoms with Gasteiger partial charge in [0.15, 0.2) is 0 Å². The Labute approximate surface area is 256 Å². The second-order valence-corrected chi connectivity index (χ2v) is 13.1. The van der Waals surface area contributed by atoms with Crippen LogP contribution in [0, 0.1) is 24.1 Å². The number of rotatable bonds is 13. The Kier molecular flexibility index (Phi) is 10.7. The van der Waals surface area contributed by atoms with Crippen molar-refractivity contribution in [3.05, 3.63) is 71.1 Å². The monoisotopic (exact) mass is 592 g/mol. The van der Waals surface area contributed by atoms with Gasteiger partial charge in [-0.2, -0.15) is 0 Å². The first-order chi connectivity index (χ1) is 20.5. The number of halogens is 1. The number of aryl methyl sites for hydroxylation is 1. The van der Waals surface area contributed by atoms with Gasteiger partial charge in [0.05, 0.1) is 19.1 Å². The van der Waals surface area contributed by atoms with Crippen LogP contribution in [-0.2, 0) is 16.0 Å². The van der Waals surface area contributed by atoms with Gasteiger partial charge < -0.3 is 14.7 Å². The predicted molar refractivity (Wildman–Crippen MR) is 170 cm³/mol. The number of carbonyl (C=O) groups is 2. The summed E-state index contributed by atoms with van der Waals surface area (Å²) in [5, 5.41) is 10.7. The van der Waals surface area contributed by atoms with Crippen LogP contribution in [0.2, 0.25) is 0 Å². The summed E-state index contributed by atoms with van der Waals surface area (Å²) in [6.07, 6.45) is 9.07. The molecular formula is C36H49FN2O4. The van der Waals surface area contributed by atoms with E-state index in [1.165, 1.54) is 6.07 Å². The molecule has 0 aliphatic carbocycles. The standard InChI is InChI=1S/C36H49FN2O4/c1-7-10-27(11-8-2)39(28-13-14-30(37)24(4)19-28)33(40)23-38-22-29(25-12-15-32-26(20-25)16-18-43-32)34(35(41)42)31(38)21-36(5,6)17-9-3/h9,12-15,17,19-20,27,29,31,34H,7-8,10-11,16,18,21-23H2,1-6H3,(H,41,42)/b17-9+. The van der Waals surface area contributed by atoms with Crippen LogP contribution in [0.1, 0.15) is 89.3 Å². The van der Waals surface area contributed by atoms with Crippen molar-refractivity contribution in [3.8, 4) is 5.75 Å². The van der Waals surface area contributed by atoms with E-state index < -0.39 is 11.9 Å². The number of carboxylic acid groups (broad SMARTS) is 1. The molecule has 1 amide bonds. The molecule has 2 aromatic carbocycles. The highest BCUT2D eigenvalue weighted by atomic mass is 19.1. The number of nitrogens with zero attached hydrogens (tertiary/aromatic N) is 2. The molecule has 2 heterocycles. The lowest BCUT2D eigenvalue weighted by molar-refractivity contribution is -0.143. The Morgan fingerprint density at radius 2 is 1.88 bits per heavy atom. The van der Waals surface area contributed by atoms with Crippen LogP contribution in [0.15, 0.2) is 48.6 Å². The number of hydrogen-bond donors (Lipinski definition) is 1. The molecule has 7 heteroatoms. The first-order valence-electron chi connectivity index (χ1n) is 15.9. The van der Waals surface area contributed by atoms with Crippen molar-refractivity contribution in [1.29, 1.82) is 0 Å². The van der Waals surface area contributed by atoms with Gasteiger partial charge in [-0.3, -0.25) is 14.5 Å². The molecule has 0 spiro atoms. The van der Waals surface area contributed by atoms with Gasteiger partial charge in [-0.15, -0.1) is 0 Å². The van der Waals surface area contributed by atoms with E-state index in [4.69, 9.17) is 4.74 Å². The van der Waals surface area contributed by atoms with E-state index in [0.29, 0.717) is 30.8 Å². The number of aliphatic carboxylic acids is 1. The molecule has 1 saturated heterocycles. The first-order valence-corrected chi connectivity index (χ1v) is 15.9. The summed E-state index contributed by atoms with van der Waals surface area (Å²) in [6.45, 7) is 13.4. The number of amides is 1. The van der Waals surface area contributed by atoms with E-state index in [-0.39, 0.29) is 41.7 Å². The van der Waals surface area contributed by atoms with Crippen molar-refractivity contribution in [3.63, 3.8) is 0 Å². The summed E-state index contributed by atoms with van der Waals surface area (Å²) in [4.78, 5) is 31.4. The number of allylic oxidation sites excluding steroid dienone is 2. The highest BCUT2D eigenvalue weighted by Gasteiger charge is 2.49. The lowest BCUT2D eigenvalue weighted by Gasteiger charge is -2.36. The zero-order valence-corrected chi connectivity index (χ0v) is 26.7. The van der Waals surface area contributed by atoms with Crippen LogP contribution in [0.5, 0.6) is 5.75 Å². The van der Waals surface area contributed by atoms with Gasteiger partial charge in [0, 0.05) is 36.7 Å². The molecule has 2 aliphatic rings. The molecule has 2 aliphatic heterocycles. The number of benzene rings is 2. The fraction of sp³-hybridized carbons (Fsp3) is 0.556. The maximum atomic E-state index is 14.4. The van der Waals surface area contributed by atoms with Gasteiger partial charge >= 0.3 is 5.97 Å². The molecule has 1 N–H and O–H groups in total.